The van der Waals surface area contributed by atoms with E-state index in [1.807, 2.05) is 72.8 Å². The number of benzene rings is 4. The molecule has 1 aliphatic rings. The second-order valence-electron chi connectivity index (χ2n) is 11.4. The Labute approximate surface area is 283 Å². The van der Waals surface area contributed by atoms with Crippen molar-refractivity contribution in [2.24, 2.45) is 0 Å². The number of thioether (sulfide) groups is 1. The van der Waals surface area contributed by atoms with E-state index in [9.17, 15) is 24.6 Å². The fraction of sp³-hybridized carbons (Fsp3) is 0.270. The van der Waals surface area contributed by atoms with Crippen LogP contribution in [-0.2, 0) is 32.2 Å². The quantitative estimate of drug-likeness (QED) is 0.0602. The Bertz CT molecular complexity index is 1680. The van der Waals surface area contributed by atoms with Crippen molar-refractivity contribution in [1.82, 2.24) is 10.8 Å². The average Bonchev–Trinajstić information content (AvgIpc) is 3.13. The molecule has 0 spiro atoms. The topological polar surface area (TPSA) is 154 Å². The highest BCUT2D eigenvalue weighted by Gasteiger charge is 2.32. The lowest BCUT2D eigenvalue weighted by Crippen LogP contribution is -2.31. The number of rotatable bonds is 14. The van der Waals surface area contributed by atoms with Crippen LogP contribution in [0, 0.1) is 0 Å². The third-order valence-corrected chi connectivity index (χ3v) is 9.22. The first-order chi connectivity index (χ1) is 23.3. The van der Waals surface area contributed by atoms with E-state index in [4.69, 9.17) is 14.7 Å². The molecular formula is C37H38N2O8S. The van der Waals surface area contributed by atoms with Crippen LogP contribution in [0.25, 0.3) is 11.1 Å². The fourth-order valence-electron chi connectivity index (χ4n) is 5.43. The van der Waals surface area contributed by atoms with Crippen LogP contribution in [0.3, 0.4) is 0 Å². The molecule has 1 heterocycles. The second kappa shape index (κ2) is 17.0. The molecule has 250 valence electrons. The minimum atomic E-state index is -0.961. The number of aliphatic hydroxyl groups is 1. The van der Waals surface area contributed by atoms with Crippen molar-refractivity contribution in [2.75, 3.05) is 5.75 Å². The molecule has 0 radical (unpaired) electrons. The molecule has 0 aliphatic carbocycles. The largest absolute Gasteiger partial charge is 0.478 e. The minimum absolute atomic E-state index is 0.0369. The lowest BCUT2D eigenvalue weighted by atomic mass is 9.97. The summed E-state index contributed by atoms with van der Waals surface area (Å²) in [5.41, 5.74) is 7.36. The molecule has 0 bridgehead atoms. The second-order valence-corrected chi connectivity index (χ2v) is 12.5. The number of hydrogen-bond acceptors (Lipinski definition) is 8. The van der Waals surface area contributed by atoms with Gasteiger partial charge in [0.25, 0.3) is 0 Å². The molecular weight excluding hydrogens is 632 g/mol. The van der Waals surface area contributed by atoms with Gasteiger partial charge in [0.15, 0.2) is 6.29 Å². The molecule has 11 heteroatoms. The summed E-state index contributed by atoms with van der Waals surface area (Å²) in [6.07, 6.45) is 0.185. The summed E-state index contributed by atoms with van der Waals surface area (Å²) in [5.74, 6) is -1.02. The zero-order valence-electron chi connectivity index (χ0n) is 26.2. The number of aliphatic hydroxyl groups excluding tert-OH is 1. The lowest BCUT2D eigenvalue weighted by Gasteiger charge is -2.36. The highest BCUT2D eigenvalue weighted by Crippen LogP contribution is 2.40. The van der Waals surface area contributed by atoms with Gasteiger partial charge in [-0.05, 0) is 58.5 Å². The van der Waals surface area contributed by atoms with Crippen LogP contribution in [0.4, 0.5) is 0 Å². The molecule has 0 saturated carbocycles. The van der Waals surface area contributed by atoms with Gasteiger partial charge in [0.05, 0.1) is 24.4 Å². The van der Waals surface area contributed by atoms with E-state index in [-0.39, 0.29) is 43.1 Å². The van der Waals surface area contributed by atoms with Crippen molar-refractivity contribution >= 4 is 29.5 Å². The van der Waals surface area contributed by atoms with Gasteiger partial charge in [-0.2, -0.15) is 0 Å². The van der Waals surface area contributed by atoms with Gasteiger partial charge in [-0.1, -0.05) is 72.8 Å². The Kier molecular flexibility index (Phi) is 12.4. The van der Waals surface area contributed by atoms with Crippen LogP contribution >= 0.6 is 11.8 Å². The first-order valence-electron chi connectivity index (χ1n) is 15.7. The predicted molar refractivity (Wildman–Crippen MR) is 180 cm³/mol. The van der Waals surface area contributed by atoms with Crippen LogP contribution in [0.1, 0.15) is 70.7 Å². The zero-order chi connectivity index (χ0) is 33.9. The van der Waals surface area contributed by atoms with E-state index < -0.39 is 18.2 Å². The standard InChI is InChI=1S/C37H38N2O8S/c40-22-24-8-10-26(11-9-24)33-20-30(23-48-31-18-16-27(17-19-31)36(43)44)46-37(47-33)28-14-12-25(13-15-28)32-5-2-1-4-29(32)21-38-34(41)6-3-7-35(42)39-45/h1-2,4-5,8-19,30,33,37,40,45H,3,6-7,20-23H2,(H,38,41)(H,39,42)(H,43,44). The highest BCUT2D eigenvalue weighted by molar-refractivity contribution is 7.99. The monoisotopic (exact) mass is 670 g/mol. The molecule has 48 heavy (non-hydrogen) atoms. The van der Waals surface area contributed by atoms with Crippen molar-refractivity contribution in [1.29, 1.82) is 0 Å². The van der Waals surface area contributed by atoms with Crippen LogP contribution in [0.15, 0.2) is 102 Å². The van der Waals surface area contributed by atoms with Gasteiger partial charge in [-0.3, -0.25) is 14.8 Å². The van der Waals surface area contributed by atoms with E-state index in [2.05, 4.69) is 5.32 Å². The molecule has 1 fully saturated rings. The van der Waals surface area contributed by atoms with E-state index in [1.54, 1.807) is 41.5 Å². The number of aromatic carboxylic acids is 1. The first kappa shape index (κ1) is 34.8. The average molecular weight is 671 g/mol. The predicted octanol–water partition coefficient (Wildman–Crippen LogP) is 6.17. The maximum atomic E-state index is 12.3. The van der Waals surface area contributed by atoms with Gasteiger partial charge in [0, 0.05) is 42.0 Å². The van der Waals surface area contributed by atoms with Crippen LogP contribution in [-0.4, -0.2) is 45.1 Å². The zero-order valence-corrected chi connectivity index (χ0v) is 27.0. The van der Waals surface area contributed by atoms with Crippen molar-refractivity contribution in [3.05, 3.63) is 125 Å². The first-order valence-corrected chi connectivity index (χ1v) is 16.7. The van der Waals surface area contributed by atoms with Crippen LogP contribution in [0.5, 0.6) is 0 Å². The summed E-state index contributed by atoms with van der Waals surface area (Å²) >= 11 is 1.60. The van der Waals surface area contributed by atoms with E-state index in [1.165, 1.54) is 0 Å². The molecule has 10 nitrogen and oxygen atoms in total. The maximum absolute atomic E-state index is 12.3. The van der Waals surface area contributed by atoms with E-state index >= 15 is 0 Å². The number of nitrogens with one attached hydrogen (secondary N) is 2. The van der Waals surface area contributed by atoms with Crippen molar-refractivity contribution in [3.63, 3.8) is 0 Å². The highest BCUT2D eigenvalue weighted by atomic mass is 32.2. The number of carbonyl (C=O) groups excluding carboxylic acids is 2. The van der Waals surface area contributed by atoms with E-state index in [0.717, 1.165) is 38.3 Å². The van der Waals surface area contributed by atoms with Gasteiger partial charge < -0.3 is 25.0 Å². The number of hydrogen-bond donors (Lipinski definition) is 5. The molecule has 0 aromatic heterocycles. The number of amides is 2. The Morgan fingerprint density at radius 1 is 0.812 bits per heavy atom. The van der Waals surface area contributed by atoms with Crippen molar-refractivity contribution in [2.45, 2.75) is 62.2 Å². The summed E-state index contributed by atoms with van der Waals surface area (Å²) < 4.78 is 13.0. The third kappa shape index (κ3) is 9.52. The van der Waals surface area contributed by atoms with Crippen molar-refractivity contribution in [3.8, 4) is 11.1 Å². The van der Waals surface area contributed by atoms with Crippen LogP contribution < -0.4 is 10.8 Å². The summed E-state index contributed by atoms with van der Waals surface area (Å²) in [5, 5.41) is 30.2. The number of hydroxylamine groups is 1. The summed E-state index contributed by atoms with van der Waals surface area (Å²) in [4.78, 5) is 35.7. The SMILES string of the molecule is O=C(CCCC(=O)NCc1ccccc1-c1ccc(C2OC(CSc3ccc(C(=O)O)cc3)CC(c3ccc(CO)cc3)O2)cc1)NO. The molecule has 3 atom stereocenters. The van der Waals surface area contributed by atoms with Crippen molar-refractivity contribution < 1.29 is 39.3 Å². The van der Waals surface area contributed by atoms with Crippen LogP contribution in [0.2, 0.25) is 0 Å². The number of carbonyl (C=O) groups is 3. The molecule has 2 amide bonds. The fourth-order valence-corrected chi connectivity index (χ4v) is 6.35. The third-order valence-electron chi connectivity index (χ3n) is 8.07. The Morgan fingerprint density at radius 2 is 1.50 bits per heavy atom. The normalized spacial score (nSPS) is 17.4. The number of carboxylic acids is 1. The molecule has 5 N–H and O–H groups in total. The number of ether oxygens (including phenoxy) is 2. The summed E-state index contributed by atoms with van der Waals surface area (Å²) in [6.45, 7) is 0.289. The smallest absolute Gasteiger partial charge is 0.335 e. The van der Waals surface area contributed by atoms with Gasteiger partial charge >= 0.3 is 5.97 Å². The van der Waals surface area contributed by atoms with Gasteiger partial charge in [0.1, 0.15) is 0 Å². The number of carboxylic acid groups (broad SMARTS) is 1. The Morgan fingerprint density at radius 3 is 2.19 bits per heavy atom. The summed E-state index contributed by atoms with van der Waals surface area (Å²) in [6, 6.07) is 30.3. The lowest BCUT2D eigenvalue weighted by molar-refractivity contribution is -0.245. The van der Waals surface area contributed by atoms with Gasteiger partial charge in [-0.15, -0.1) is 11.8 Å². The Hall–Kier alpha value is -4.52. The summed E-state index contributed by atoms with van der Waals surface area (Å²) in [7, 11) is 0. The molecule has 3 unspecified atom stereocenters. The van der Waals surface area contributed by atoms with Gasteiger partial charge in [0.2, 0.25) is 11.8 Å². The minimum Gasteiger partial charge on any atom is -0.478 e. The maximum Gasteiger partial charge on any atom is 0.335 e. The molecule has 5 rings (SSSR count). The molecule has 4 aromatic carbocycles. The molecule has 4 aromatic rings. The molecule has 1 aliphatic heterocycles. The van der Waals surface area contributed by atoms with Gasteiger partial charge in [-0.25, -0.2) is 10.3 Å². The Balaban J connectivity index is 1.28. The van der Waals surface area contributed by atoms with E-state index in [0.29, 0.717) is 25.1 Å². The molecule has 1 saturated heterocycles.